The van der Waals surface area contributed by atoms with E-state index in [0.29, 0.717) is 29.5 Å². The lowest BCUT2D eigenvalue weighted by Crippen LogP contribution is -2.14. The Hall–Kier alpha value is -2.98. The number of rotatable bonds is 5. The van der Waals surface area contributed by atoms with Crippen LogP contribution in [0.5, 0.6) is 0 Å². The van der Waals surface area contributed by atoms with E-state index in [4.69, 9.17) is 11.6 Å². The molecule has 1 fully saturated rings. The maximum absolute atomic E-state index is 11.9. The largest absolute Gasteiger partial charge is 0.337 e. The summed E-state index contributed by atoms with van der Waals surface area (Å²) in [6, 6.07) is 7.50. The third-order valence-electron chi connectivity index (χ3n) is 5.78. The molecule has 1 N–H and O–H groups in total. The summed E-state index contributed by atoms with van der Waals surface area (Å²) in [5.74, 6) is 0.955. The lowest BCUT2D eigenvalue weighted by Gasteiger charge is -2.12. The molecule has 4 aromatic rings. The van der Waals surface area contributed by atoms with Crippen LogP contribution >= 0.6 is 11.6 Å². The average Bonchev–Trinajstić information content (AvgIpc) is 3.40. The Morgan fingerprint density at radius 3 is 2.84 bits per heavy atom. The number of hydrogen-bond acceptors (Lipinski definition) is 7. The summed E-state index contributed by atoms with van der Waals surface area (Å²) >= 11 is 6.11. The average molecular weight is 472 g/mol. The van der Waals surface area contributed by atoms with Crippen molar-refractivity contribution in [1.29, 1.82) is 0 Å². The molecule has 9 nitrogen and oxygen atoms in total. The number of halogens is 1. The third kappa shape index (κ3) is 3.84. The lowest BCUT2D eigenvalue weighted by atomic mass is 10.2. The molecule has 0 bridgehead atoms. The Balaban J connectivity index is 1.46. The van der Waals surface area contributed by atoms with Gasteiger partial charge in [-0.05, 0) is 38.0 Å². The highest BCUT2D eigenvalue weighted by Gasteiger charge is 2.31. The molecule has 11 heteroatoms. The maximum atomic E-state index is 11.9. The van der Waals surface area contributed by atoms with Crippen LogP contribution in [-0.4, -0.2) is 49.5 Å². The van der Waals surface area contributed by atoms with Crippen LogP contribution in [0.25, 0.3) is 11.0 Å². The molecule has 1 atom stereocenters. The van der Waals surface area contributed by atoms with Gasteiger partial charge < -0.3 is 5.32 Å². The molecule has 3 aromatic heterocycles. The summed E-state index contributed by atoms with van der Waals surface area (Å²) in [5.41, 5.74) is 4.20. The number of sulfone groups is 1. The van der Waals surface area contributed by atoms with Crippen molar-refractivity contribution in [1.82, 2.24) is 29.5 Å². The van der Waals surface area contributed by atoms with Gasteiger partial charge in [0.25, 0.3) is 0 Å². The Morgan fingerprint density at radius 1 is 1.25 bits per heavy atom. The lowest BCUT2D eigenvalue weighted by molar-refractivity contribution is 0.486. The molecule has 32 heavy (non-hydrogen) atoms. The first-order valence-corrected chi connectivity index (χ1v) is 12.4. The van der Waals surface area contributed by atoms with Crippen molar-refractivity contribution >= 4 is 44.0 Å². The van der Waals surface area contributed by atoms with Gasteiger partial charge in [-0.3, -0.25) is 4.68 Å². The summed E-state index contributed by atoms with van der Waals surface area (Å²) in [6.07, 6.45) is 3.82. The predicted octanol–water partition coefficient (Wildman–Crippen LogP) is 3.44. The Bertz CT molecular complexity index is 1430. The van der Waals surface area contributed by atoms with Gasteiger partial charge in [0.15, 0.2) is 15.5 Å². The number of hydrogen-bond donors (Lipinski definition) is 1. The molecular formula is C21H22ClN7O2S. The van der Waals surface area contributed by atoms with Gasteiger partial charge in [-0.25, -0.2) is 23.1 Å². The molecule has 1 aromatic carbocycles. The molecule has 0 aliphatic carbocycles. The van der Waals surface area contributed by atoms with Gasteiger partial charge in [-0.1, -0.05) is 23.7 Å². The third-order valence-corrected chi connectivity index (χ3v) is 7.76. The first-order valence-electron chi connectivity index (χ1n) is 10.2. The van der Waals surface area contributed by atoms with Crippen molar-refractivity contribution in [2.45, 2.75) is 32.9 Å². The van der Waals surface area contributed by atoms with E-state index in [2.05, 4.69) is 25.5 Å². The second kappa shape index (κ2) is 7.86. The van der Waals surface area contributed by atoms with Crippen LogP contribution in [0, 0.1) is 13.8 Å². The fourth-order valence-corrected chi connectivity index (χ4v) is 6.11. The van der Waals surface area contributed by atoms with Gasteiger partial charge in [0, 0.05) is 5.02 Å². The fraction of sp³-hybridized carbons (Fsp3) is 0.333. The van der Waals surface area contributed by atoms with Crippen molar-refractivity contribution in [3.8, 4) is 0 Å². The quantitative estimate of drug-likeness (QED) is 0.475. The van der Waals surface area contributed by atoms with Gasteiger partial charge in [-0.2, -0.15) is 10.2 Å². The molecule has 1 aliphatic heterocycles. The van der Waals surface area contributed by atoms with Crippen molar-refractivity contribution in [3.05, 3.63) is 58.8 Å². The molecule has 0 amide bonds. The van der Waals surface area contributed by atoms with Crippen molar-refractivity contribution in [2.24, 2.45) is 0 Å². The van der Waals surface area contributed by atoms with Gasteiger partial charge >= 0.3 is 0 Å². The number of nitrogens with zero attached hydrogens (tertiary/aromatic N) is 6. The van der Waals surface area contributed by atoms with Crippen LogP contribution in [0.2, 0.25) is 5.02 Å². The van der Waals surface area contributed by atoms with Crippen LogP contribution < -0.4 is 5.32 Å². The van der Waals surface area contributed by atoms with Crippen LogP contribution in [0.15, 0.2) is 36.8 Å². The Labute approximate surface area is 190 Å². The minimum absolute atomic E-state index is 0.127. The molecule has 0 saturated carbocycles. The van der Waals surface area contributed by atoms with E-state index in [1.807, 2.05) is 42.8 Å². The zero-order valence-electron chi connectivity index (χ0n) is 17.7. The second-order valence-corrected chi connectivity index (χ2v) is 10.7. The highest BCUT2D eigenvalue weighted by molar-refractivity contribution is 7.91. The van der Waals surface area contributed by atoms with E-state index >= 15 is 0 Å². The summed E-state index contributed by atoms with van der Waals surface area (Å²) in [7, 11) is -3.00. The minimum atomic E-state index is -3.00. The molecular weight excluding hydrogens is 450 g/mol. The number of aryl methyl sites for hydroxylation is 1. The van der Waals surface area contributed by atoms with Gasteiger partial charge in [0.1, 0.15) is 12.1 Å². The van der Waals surface area contributed by atoms with E-state index in [-0.39, 0.29) is 17.5 Å². The molecule has 5 rings (SSSR count). The van der Waals surface area contributed by atoms with Crippen LogP contribution in [0.4, 0.5) is 11.5 Å². The Morgan fingerprint density at radius 2 is 2.09 bits per heavy atom. The number of anilines is 2. The second-order valence-electron chi connectivity index (χ2n) is 8.06. The SMILES string of the molecule is Cc1nn(C2CCS(=O)(=O)C2)c(C)c1Nc1ncnc2c1cnn2Cc1cccc(Cl)c1. The van der Waals surface area contributed by atoms with E-state index in [1.165, 1.54) is 6.33 Å². The number of aromatic nitrogens is 6. The zero-order chi connectivity index (χ0) is 22.5. The molecule has 1 unspecified atom stereocenters. The van der Waals surface area contributed by atoms with Gasteiger partial charge in [-0.15, -0.1) is 0 Å². The smallest absolute Gasteiger partial charge is 0.163 e. The summed E-state index contributed by atoms with van der Waals surface area (Å²) in [6.45, 7) is 4.37. The molecule has 1 saturated heterocycles. The molecule has 166 valence electrons. The molecule has 1 aliphatic rings. The fourth-order valence-electron chi connectivity index (χ4n) is 4.20. The standard InChI is InChI=1S/C21H22ClN7O2S/c1-13-19(14(2)29(27-13)17-6-7-32(30,31)11-17)26-20-18-9-25-28(21(18)24-12-23-20)10-15-4-3-5-16(22)8-15/h3-5,8-9,12,17H,6-7,10-11H2,1-2H3,(H,23,24,26). The molecule has 0 radical (unpaired) electrons. The van der Waals surface area contributed by atoms with E-state index < -0.39 is 9.84 Å². The van der Waals surface area contributed by atoms with E-state index in [1.54, 1.807) is 10.9 Å². The van der Waals surface area contributed by atoms with Crippen molar-refractivity contribution in [2.75, 3.05) is 16.8 Å². The topological polar surface area (TPSA) is 108 Å². The zero-order valence-corrected chi connectivity index (χ0v) is 19.2. The number of nitrogens with one attached hydrogen (secondary N) is 1. The highest BCUT2D eigenvalue weighted by Crippen LogP contribution is 2.32. The first kappa shape index (κ1) is 20.9. The predicted molar refractivity (Wildman–Crippen MR) is 123 cm³/mol. The first-order chi connectivity index (χ1) is 15.3. The molecule has 4 heterocycles. The minimum Gasteiger partial charge on any atom is -0.337 e. The van der Waals surface area contributed by atoms with Crippen LogP contribution in [0.3, 0.4) is 0 Å². The van der Waals surface area contributed by atoms with Crippen LogP contribution in [-0.2, 0) is 16.4 Å². The Kier molecular flexibility index (Phi) is 5.13. The van der Waals surface area contributed by atoms with E-state index in [0.717, 1.165) is 28.0 Å². The normalized spacial score (nSPS) is 17.8. The van der Waals surface area contributed by atoms with E-state index in [9.17, 15) is 8.42 Å². The molecule has 0 spiro atoms. The summed E-state index contributed by atoms with van der Waals surface area (Å²) < 4.78 is 27.5. The number of benzene rings is 1. The van der Waals surface area contributed by atoms with Crippen molar-refractivity contribution < 1.29 is 8.42 Å². The van der Waals surface area contributed by atoms with Gasteiger partial charge in [0.2, 0.25) is 0 Å². The monoisotopic (exact) mass is 471 g/mol. The highest BCUT2D eigenvalue weighted by atomic mass is 35.5. The van der Waals surface area contributed by atoms with Gasteiger partial charge in [0.05, 0.1) is 52.8 Å². The maximum Gasteiger partial charge on any atom is 0.163 e. The summed E-state index contributed by atoms with van der Waals surface area (Å²) in [5, 5.41) is 13.9. The van der Waals surface area contributed by atoms with Crippen LogP contribution in [0.1, 0.15) is 29.4 Å². The summed E-state index contributed by atoms with van der Waals surface area (Å²) in [4.78, 5) is 8.84. The number of fused-ring (bicyclic) bond motifs is 1. The van der Waals surface area contributed by atoms with Crippen molar-refractivity contribution in [3.63, 3.8) is 0 Å².